The third-order valence-corrected chi connectivity index (χ3v) is 8.62. The van der Waals surface area contributed by atoms with E-state index in [4.69, 9.17) is 14.5 Å². The van der Waals surface area contributed by atoms with E-state index in [2.05, 4.69) is 10.4 Å². The molecule has 1 amide bonds. The van der Waals surface area contributed by atoms with Crippen molar-refractivity contribution in [1.82, 2.24) is 20.1 Å². The van der Waals surface area contributed by atoms with E-state index in [0.717, 1.165) is 16.7 Å². The molecule has 9 nitrogen and oxygen atoms in total. The lowest BCUT2D eigenvalue weighted by Gasteiger charge is -2.13. The highest BCUT2D eigenvalue weighted by Gasteiger charge is 2.32. The Morgan fingerprint density at radius 2 is 1.86 bits per heavy atom. The minimum Gasteiger partial charge on any atom is -0.454 e. The topological polar surface area (TPSA) is 112 Å². The van der Waals surface area contributed by atoms with Crippen LogP contribution >= 0.6 is 0 Å². The summed E-state index contributed by atoms with van der Waals surface area (Å²) >= 11 is 0. The predicted molar refractivity (Wildman–Crippen MR) is 138 cm³/mol. The summed E-state index contributed by atoms with van der Waals surface area (Å²) in [6, 6.07) is 15.0. The number of hydrogen-bond donors (Lipinski definition) is 1. The molecule has 4 heterocycles. The van der Waals surface area contributed by atoms with Crippen molar-refractivity contribution >= 4 is 26.8 Å². The number of aryl methyl sites for hydroxylation is 2. The quantitative estimate of drug-likeness (QED) is 0.428. The van der Waals surface area contributed by atoms with Crippen molar-refractivity contribution in [3.63, 3.8) is 0 Å². The molecule has 1 fully saturated rings. The number of nitrogens with zero attached hydrogens (tertiary/aromatic N) is 3. The van der Waals surface area contributed by atoms with E-state index >= 15 is 0 Å². The van der Waals surface area contributed by atoms with Gasteiger partial charge in [0, 0.05) is 12.1 Å². The van der Waals surface area contributed by atoms with E-state index in [-0.39, 0.29) is 30.2 Å². The molecule has 0 radical (unpaired) electrons. The number of amides is 1. The van der Waals surface area contributed by atoms with Crippen LogP contribution in [-0.4, -0.2) is 47.4 Å². The van der Waals surface area contributed by atoms with Crippen LogP contribution in [-0.2, 0) is 16.4 Å². The Kier molecular flexibility index (Phi) is 5.63. The van der Waals surface area contributed by atoms with E-state index in [9.17, 15) is 13.2 Å². The van der Waals surface area contributed by atoms with Crippen LogP contribution in [0, 0.1) is 13.8 Å². The van der Waals surface area contributed by atoms with Gasteiger partial charge in [-0.2, -0.15) is 5.10 Å². The van der Waals surface area contributed by atoms with E-state index in [0.29, 0.717) is 52.4 Å². The monoisotopic (exact) mass is 518 g/mol. The van der Waals surface area contributed by atoms with Crippen LogP contribution in [0.2, 0.25) is 0 Å². The van der Waals surface area contributed by atoms with E-state index in [1.807, 2.05) is 56.3 Å². The van der Waals surface area contributed by atoms with Crippen molar-refractivity contribution in [2.24, 2.45) is 0 Å². The van der Waals surface area contributed by atoms with Crippen LogP contribution in [0.15, 0.2) is 48.5 Å². The van der Waals surface area contributed by atoms with Gasteiger partial charge in [-0.25, -0.2) is 18.1 Å². The van der Waals surface area contributed by atoms with Crippen LogP contribution in [0.25, 0.3) is 22.3 Å². The van der Waals surface area contributed by atoms with Gasteiger partial charge in [-0.1, -0.05) is 35.9 Å². The molecule has 6 rings (SSSR count). The first-order valence-electron chi connectivity index (χ1n) is 12.1. The smallest absolute Gasteiger partial charge is 0.252 e. The Labute approximate surface area is 214 Å². The average Bonchev–Trinajstić information content (AvgIpc) is 3.59. The van der Waals surface area contributed by atoms with Gasteiger partial charge in [0.1, 0.15) is 0 Å². The molecule has 2 aliphatic rings. The second-order valence-electron chi connectivity index (χ2n) is 9.58. The Balaban J connectivity index is 1.41. The average molecular weight is 519 g/mol. The number of carbonyl (C=O) groups is 1. The Hall–Kier alpha value is -3.92. The van der Waals surface area contributed by atoms with Gasteiger partial charge in [-0.15, -0.1) is 0 Å². The van der Waals surface area contributed by atoms with Gasteiger partial charge in [-0.3, -0.25) is 4.79 Å². The first kappa shape index (κ1) is 23.5. The lowest BCUT2D eigenvalue weighted by molar-refractivity contribution is 0.0952. The molecular weight excluding hydrogens is 492 g/mol. The second kappa shape index (κ2) is 8.88. The van der Waals surface area contributed by atoms with Crippen molar-refractivity contribution in [2.45, 2.75) is 32.9 Å². The van der Waals surface area contributed by atoms with Gasteiger partial charge >= 0.3 is 0 Å². The predicted octanol–water partition coefficient (Wildman–Crippen LogP) is 3.73. The zero-order chi connectivity index (χ0) is 25.7. The number of aromatic nitrogens is 3. The lowest BCUT2D eigenvalue weighted by Crippen LogP contribution is -2.23. The fourth-order valence-electron chi connectivity index (χ4n) is 4.92. The molecule has 0 bridgehead atoms. The molecular formula is C27H26N4O5S. The first-order chi connectivity index (χ1) is 17.8. The number of benzene rings is 2. The third-order valence-electron chi connectivity index (χ3n) is 6.87. The number of nitrogens with one attached hydrogen (secondary N) is 1. The molecule has 0 aliphatic carbocycles. The highest BCUT2D eigenvalue weighted by atomic mass is 32.2. The molecule has 0 spiro atoms. The maximum absolute atomic E-state index is 13.6. The van der Waals surface area contributed by atoms with Crippen molar-refractivity contribution in [3.8, 4) is 22.8 Å². The molecule has 190 valence electrons. The summed E-state index contributed by atoms with van der Waals surface area (Å²) in [5, 5.41) is 8.30. The highest BCUT2D eigenvalue weighted by Crippen LogP contribution is 2.34. The van der Waals surface area contributed by atoms with Gasteiger partial charge in [-0.05, 0) is 44.0 Å². The Bertz CT molecular complexity index is 1640. The standard InChI is InChI=1S/C27H26N4O5S/c1-16-3-6-19(7-4-16)22-12-21(27(32)28-13-18-5-8-23-24(11-18)36-15-35-23)25-17(2)30-31(26(25)29-22)20-9-10-37(33,34)14-20/h3-8,11-12,20H,9-10,13-15H2,1-2H3,(H,28,32). The summed E-state index contributed by atoms with van der Waals surface area (Å²) in [4.78, 5) is 18.4. The molecule has 1 atom stereocenters. The SMILES string of the molecule is Cc1ccc(-c2cc(C(=O)NCc3ccc4c(c3)OCO4)c3c(C)nn(C4CCS(=O)(=O)C4)c3n2)cc1. The molecule has 4 aromatic rings. The zero-order valence-electron chi connectivity index (χ0n) is 20.5. The van der Waals surface area contributed by atoms with Gasteiger partial charge in [0.15, 0.2) is 27.0 Å². The van der Waals surface area contributed by atoms with Gasteiger partial charge in [0.25, 0.3) is 5.91 Å². The maximum Gasteiger partial charge on any atom is 0.252 e. The summed E-state index contributed by atoms with van der Waals surface area (Å²) < 4.78 is 36.9. The third kappa shape index (κ3) is 4.42. The molecule has 1 saturated heterocycles. The number of ether oxygens (including phenoxy) is 2. The van der Waals surface area contributed by atoms with E-state index in [1.165, 1.54) is 0 Å². The molecule has 1 unspecified atom stereocenters. The fourth-order valence-corrected chi connectivity index (χ4v) is 6.61. The van der Waals surface area contributed by atoms with E-state index < -0.39 is 9.84 Å². The molecule has 2 aromatic heterocycles. The largest absolute Gasteiger partial charge is 0.454 e. The summed E-state index contributed by atoms with van der Waals surface area (Å²) in [5.41, 5.74) is 5.09. The summed E-state index contributed by atoms with van der Waals surface area (Å²) in [6.45, 7) is 4.32. The Morgan fingerprint density at radius 3 is 2.62 bits per heavy atom. The van der Waals surface area contributed by atoms with Crippen molar-refractivity contribution in [3.05, 3.63) is 70.9 Å². The number of carbonyl (C=O) groups excluding carboxylic acids is 1. The first-order valence-corrected chi connectivity index (χ1v) is 13.9. The molecule has 37 heavy (non-hydrogen) atoms. The molecule has 1 N–H and O–H groups in total. The maximum atomic E-state index is 13.6. The number of sulfone groups is 1. The highest BCUT2D eigenvalue weighted by molar-refractivity contribution is 7.91. The minimum atomic E-state index is -3.13. The van der Waals surface area contributed by atoms with Crippen LogP contribution in [0.4, 0.5) is 0 Å². The number of fused-ring (bicyclic) bond motifs is 2. The molecule has 2 aromatic carbocycles. The summed E-state index contributed by atoms with van der Waals surface area (Å²) in [7, 11) is -3.13. The van der Waals surface area contributed by atoms with Crippen LogP contribution in [0.3, 0.4) is 0 Å². The zero-order valence-corrected chi connectivity index (χ0v) is 21.3. The van der Waals surface area contributed by atoms with Crippen LogP contribution in [0.5, 0.6) is 11.5 Å². The summed E-state index contributed by atoms with van der Waals surface area (Å²) in [6.07, 6.45) is 0.473. The Morgan fingerprint density at radius 1 is 1.08 bits per heavy atom. The molecule has 0 saturated carbocycles. The van der Waals surface area contributed by atoms with Gasteiger partial charge < -0.3 is 14.8 Å². The number of hydrogen-bond acceptors (Lipinski definition) is 7. The van der Waals surface area contributed by atoms with E-state index in [1.54, 1.807) is 10.7 Å². The number of rotatable bonds is 5. The fraction of sp³-hybridized carbons (Fsp3) is 0.296. The van der Waals surface area contributed by atoms with Crippen molar-refractivity contribution in [2.75, 3.05) is 18.3 Å². The van der Waals surface area contributed by atoms with Gasteiger partial charge in [0.05, 0.1) is 39.9 Å². The normalized spacial score (nSPS) is 17.8. The molecule has 2 aliphatic heterocycles. The van der Waals surface area contributed by atoms with Crippen LogP contribution in [0.1, 0.15) is 39.6 Å². The van der Waals surface area contributed by atoms with Crippen molar-refractivity contribution < 1.29 is 22.7 Å². The molecule has 10 heteroatoms. The van der Waals surface area contributed by atoms with Gasteiger partial charge in [0.2, 0.25) is 6.79 Å². The summed E-state index contributed by atoms with van der Waals surface area (Å²) in [5.74, 6) is 1.22. The van der Waals surface area contributed by atoms with Crippen LogP contribution < -0.4 is 14.8 Å². The van der Waals surface area contributed by atoms with Crippen molar-refractivity contribution in [1.29, 1.82) is 0 Å². The lowest BCUT2D eigenvalue weighted by atomic mass is 10.0. The minimum absolute atomic E-state index is 0.0191. The number of pyridine rings is 1. The second-order valence-corrected chi connectivity index (χ2v) is 11.8.